The van der Waals surface area contributed by atoms with Gasteiger partial charge in [0.15, 0.2) is 6.29 Å². The maximum absolute atomic E-state index is 11.1. The molecule has 1 fully saturated rings. The van der Waals surface area contributed by atoms with Gasteiger partial charge in [0.2, 0.25) is 0 Å². The van der Waals surface area contributed by atoms with Crippen LogP contribution < -0.4 is 0 Å². The summed E-state index contributed by atoms with van der Waals surface area (Å²) in [5.41, 5.74) is 2.93. The molecule has 0 radical (unpaired) electrons. The van der Waals surface area contributed by atoms with Gasteiger partial charge in [-0.15, -0.1) is 0 Å². The summed E-state index contributed by atoms with van der Waals surface area (Å²) in [6, 6.07) is 29.1. The van der Waals surface area contributed by atoms with Crippen LogP contribution in [-0.2, 0) is 38.8 Å². The lowest BCUT2D eigenvalue weighted by molar-refractivity contribution is -0.309. The number of aliphatic hydroxyl groups excluding tert-OH is 2. The first kappa shape index (κ1) is 23.6. The third kappa shape index (κ3) is 6.71. The molecule has 0 aromatic heterocycles. The minimum absolute atomic E-state index is 0.115. The van der Waals surface area contributed by atoms with Gasteiger partial charge < -0.3 is 29.2 Å². The smallest absolute Gasteiger partial charge is 0.184 e. The van der Waals surface area contributed by atoms with E-state index < -0.39 is 30.7 Å². The number of aliphatic hydroxyl groups is 2. The fourth-order valence-corrected chi connectivity index (χ4v) is 3.81. The SMILES string of the molecule is O[C@H]1OC(COCc2ccccc2)[C@H](O)[C@H](OCc2ccccc2)C1OCc1ccccc1. The van der Waals surface area contributed by atoms with Crippen molar-refractivity contribution < 1.29 is 29.2 Å². The molecule has 3 aromatic carbocycles. The molecule has 5 atom stereocenters. The van der Waals surface area contributed by atoms with Gasteiger partial charge in [-0.05, 0) is 16.7 Å². The van der Waals surface area contributed by atoms with E-state index in [1.165, 1.54) is 0 Å². The van der Waals surface area contributed by atoms with E-state index in [9.17, 15) is 10.2 Å². The number of rotatable bonds is 10. The van der Waals surface area contributed by atoms with Crippen molar-refractivity contribution in [3.63, 3.8) is 0 Å². The first-order valence-electron chi connectivity index (χ1n) is 11.1. The van der Waals surface area contributed by atoms with Gasteiger partial charge in [0.25, 0.3) is 0 Å². The minimum atomic E-state index is -1.26. The maximum atomic E-state index is 11.1. The molecule has 1 saturated heterocycles. The Morgan fingerprint density at radius 3 is 1.58 bits per heavy atom. The molecule has 6 nitrogen and oxygen atoms in total. The standard InChI is InChI=1S/C27H30O6/c28-24-23(19-30-16-20-10-4-1-5-11-20)33-27(29)26(32-18-22-14-8-3-9-15-22)25(24)31-17-21-12-6-2-7-13-21/h1-15,23-29H,16-19H2/t23?,24-,25-,26?,27-/m0/s1. The summed E-state index contributed by atoms with van der Waals surface area (Å²) in [4.78, 5) is 0. The highest BCUT2D eigenvalue weighted by atomic mass is 16.7. The summed E-state index contributed by atoms with van der Waals surface area (Å²) < 4.78 is 23.5. The first-order valence-corrected chi connectivity index (χ1v) is 11.1. The summed E-state index contributed by atoms with van der Waals surface area (Å²) in [7, 11) is 0. The molecule has 1 aliphatic heterocycles. The fraction of sp³-hybridized carbons (Fsp3) is 0.333. The molecule has 2 unspecified atom stereocenters. The predicted molar refractivity (Wildman–Crippen MR) is 123 cm³/mol. The molecule has 0 saturated carbocycles. The molecule has 2 N–H and O–H groups in total. The van der Waals surface area contributed by atoms with Gasteiger partial charge in [-0.3, -0.25) is 0 Å². The highest BCUT2D eigenvalue weighted by molar-refractivity contribution is 5.15. The van der Waals surface area contributed by atoms with E-state index in [2.05, 4.69) is 0 Å². The van der Waals surface area contributed by atoms with Gasteiger partial charge in [-0.1, -0.05) is 91.0 Å². The summed E-state index contributed by atoms with van der Waals surface area (Å²) in [5.74, 6) is 0. The van der Waals surface area contributed by atoms with Crippen LogP contribution in [0, 0.1) is 0 Å². The molecule has 4 rings (SSSR count). The Balaban J connectivity index is 1.41. The average molecular weight is 451 g/mol. The van der Waals surface area contributed by atoms with Crippen LogP contribution in [0.3, 0.4) is 0 Å². The normalized spacial score (nSPS) is 25.1. The summed E-state index contributed by atoms with van der Waals surface area (Å²) in [6.45, 7) is 1.04. The van der Waals surface area contributed by atoms with Crippen molar-refractivity contribution >= 4 is 0 Å². The Morgan fingerprint density at radius 2 is 1.06 bits per heavy atom. The Bertz CT molecular complexity index is 937. The van der Waals surface area contributed by atoms with Crippen LogP contribution in [0.4, 0.5) is 0 Å². The molecule has 0 aliphatic carbocycles. The van der Waals surface area contributed by atoms with Crippen LogP contribution in [-0.4, -0.2) is 47.5 Å². The van der Waals surface area contributed by atoms with E-state index in [1.807, 2.05) is 91.0 Å². The van der Waals surface area contributed by atoms with Crippen molar-refractivity contribution in [2.75, 3.05) is 6.61 Å². The largest absolute Gasteiger partial charge is 0.387 e. The van der Waals surface area contributed by atoms with Crippen molar-refractivity contribution in [3.8, 4) is 0 Å². The lowest BCUT2D eigenvalue weighted by Crippen LogP contribution is -2.60. The zero-order valence-electron chi connectivity index (χ0n) is 18.4. The first-order chi connectivity index (χ1) is 16.2. The van der Waals surface area contributed by atoms with Crippen LogP contribution in [0.2, 0.25) is 0 Å². The molecule has 0 bridgehead atoms. The molecule has 1 aliphatic rings. The van der Waals surface area contributed by atoms with Crippen molar-refractivity contribution in [1.29, 1.82) is 0 Å². The van der Waals surface area contributed by atoms with Crippen LogP contribution in [0.1, 0.15) is 16.7 Å². The molecule has 174 valence electrons. The highest BCUT2D eigenvalue weighted by Gasteiger charge is 2.46. The second-order valence-electron chi connectivity index (χ2n) is 8.08. The third-order valence-corrected chi connectivity index (χ3v) is 5.60. The lowest BCUT2D eigenvalue weighted by atomic mass is 9.98. The number of hydrogen-bond donors (Lipinski definition) is 2. The van der Waals surface area contributed by atoms with Gasteiger partial charge in [-0.25, -0.2) is 0 Å². The van der Waals surface area contributed by atoms with E-state index in [0.717, 1.165) is 16.7 Å². The van der Waals surface area contributed by atoms with Gasteiger partial charge in [0.05, 0.1) is 26.4 Å². The molecule has 6 heteroatoms. The minimum Gasteiger partial charge on any atom is -0.387 e. The van der Waals surface area contributed by atoms with E-state index in [0.29, 0.717) is 6.61 Å². The summed E-state index contributed by atoms with van der Waals surface area (Å²) in [5, 5.41) is 21.8. The van der Waals surface area contributed by atoms with E-state index in [-0.39, 0.29) is 19.8 Å². The van der Waals surface area contributed by atoms with Gasteiger partial charge in [0, 0.05) is 0 Å². The van der Waals surface area contributed by atoms with E-state index >= 15 is 0 Å². The zero-order chi connectivity index (χ0) is 22.9. The van der Waals surface area contributed by atoms with Gasteiger partial charge >= 0.3 is 0 Å². The van der Waals surface area contributed by atoms with Crippen molar-refractivity contribution in [1.82, 2.24) is 0 Å². The Hall–Kier alpha value is -2.58. The Kier molecular flexibility index (Phi) is 8.60. The number of benzene rings is 3. The average Bonchev–Trinajstić information content (AvgIpc) is 2.86. The number of ether oxygens (including phenoxy) is 4. The zero-order valence-corrected chi connectivity index (χ0v) is 18.4. The van der Waals surface area contributed by atoms with Crippen LogP contribution in [0.5, 0.6) is 0 Å². The second-order valence-corrected chi connectivity index (χ2v) is 8.08. The summed E-state index contributed by atoms with van der Waals surface area (Å²) in [6.07, 6.45) is -4.68. The molecule has 0 amide bonds. The quantitative estimate of drug-likeness (QED) is 0.493. The summed E-state index contributed by atoms with van der Waals surface area (Å²) >= 11 is 0. The van der Waals surface area contributed by atoms with E-state index in [1.54, 1.807) is 0 Å². The molecule has 33 heavy (non-hydrogen) atoms. The van der Waals surface area contributed by atoms with Crippen molar-refractivity contribution in [2.24, 2.45) is 0 Å². The Labute approximate surface area is 194 Å². The highest BCUT2D eigenvalue weighted by Crippen LogP contribution is 2.27. The topological polar surface area (TPSA) is 77.4 Å². The van der Waals surface area contributed by atoms with E-state index in [4.69, 9.17) is 18.9 Å². The molecular formula is C27H30O6. The van der Waals surface area contributed by atoms with Crippen LogP contribution in [0.15, 0.2) is 91.0 Å². The van der Waals surface area contributed by atoms with Gasteiger partial charge in [-0.2, -0.15) is 0 Å². The predicted octanol–water partition coefficient (Wildman–Crippen LogP) is 3.45. The van der Waals surface area contributed by atoms with Crippen LogP contribution >= 0.6 is 0 Å². The molecular weight excluding hydrogens is 420 g/mol. The van der Waals surface area contributed by atoms with Crippen LogP contribution in [0.25, 0.3) is 0 Å². The van der Waals surface area contributed by atoms with Crippen molar-refractivity contribution in [3.05, 3.63) is 108 Å². The molecule has 3 aromatic rings. The second kappa shape index (κ2) is 12.0. The third-order valence-electron chi connectivity index (χ3n) is 5.60. The maximum Gasteiger partial charge on any atom is 0.184 e. The molecule has 1 heterocycles. The van der Waals surface area contributed by atoms with Crippen molar-refractivity contribution in [2.45, 2.75) is 50.5 Å². The fourth-order valence-electron chi connectivity index (χ4n) is 3.81. The number of hydrogen-bond acceptors (Lipinski definition) is 6. The molecule has 0 spiro atoms. The Morgan fingerprint density at radius 1 is 0.606 bits per heavy atom. The van der Waals surface area contributed by atoms with Gasteiger partial charge in [0.1, 0.15) is 24.4 Å². The lowest BCUT2D eigenvalue weighted by Gasteiger charge is -2.42. The monoisotopic (exact) mass is 450 g/mol.